The normalized spacial score (nSPS) is 12.1. The van der Waals surface area contributed by atoms with Crippen molar-refractivity contribution in [3.05, 3.63) is 76.0 Å². The van der Waals surface area contributed by atoms with Crippen molar-refractivity contribution in [1.82, 2.24) is 19.3 Å². The Hall–Kier alpha value is -3.36. The fraction of sp³-hybridized carbons (Fsp3) is 0.174. The van der Waals surface area contributed by atoms with Gasteiger partial charge in [0.25, 0.3) is 5.91 Å². The highest BCUT2D eigenvalue weighted by molar-refractivity contribution is 6.36. The number of nitrogens with zero attached hydrogens (tertiary/aromatic N) is 4. The Morgan fingerprint density at radius 1 is 1.18 bits per heavy atom. The maximum atomic E-state index is 13.9. The van der Waals surface area contributed by atoms with Crippen LogP contribution >= 0.6 is 23.2 Å². The molecule has 0 aliphatic heterocycles. The minimum Gasteiger partial charge on any atom is -0.482 e. The molecule has 1 atom stereocenters. The first kappa shape index (κ1) is 22.8. The molecule has 1 unspecified atom stereocenters. The zero-order valence-electron chi connectivity index (χ0n) is 18.0. The summed E-state index contributed by atoms with van der Waals surface area (Å²) in [6, 6.07) is 8.00. The van der Waals surface area contributed by atoms with E-state index >= 15 is 0 Å². The first-order chi connectivity index (χ1) is 15.7. The lowest BCUT2D eigenvalue weighted by molar-refractivity contribution is 0.0822. The third-order valence-electron chi connectivity index (χ3n) is 5.08. The van der Waals surface area contributed by atoms with Crippen LogP contribution in [0, 0.1) is 5.82 Å². The fourth-order valence-electron chi connectivity index (χ4n) is 3.37. The number of pyridine rings is 2. The number of nitrogens with two attached hydrogens (primary N) is 1. The van der Waals surface area contributed by atoms with Gasteiger partial charge in [0.1, 0.15) is 23.3 Å². The van der Waals surface area contributed by atoms with Gasteiger partial charge in [-0.25, -0.2) is 14.4 Å². The second-order valence-electron chi connectivity index (χ2n) is 7.63. The van der Waals surface area contributed by atoms with Crippen LogP contribution in [0.4, 0.5) is 10.2 Å². The van der Waals surface area contributed by atoms with Gasteiger partial charge in [-0.05, 0) is 37.3 Å². The molecule has 4 aromatic rings. The zero-order valence-corrected chi connectivity index (χ0v) is 19.5. The number of aromatic nitrogens is 3. The first-order valence-corrected chi connectivity index (χ1v) is 10.7. The van der Waals surface area contributed by atoms with Crippen molar-refractivity contribution < 1.29 is 13.9 Å². The van der Waals surface area contributed by atoms with Crippen molar-refractivity contribution in [2.75, 3.05) is 19.8 Å². The Kier molecular flexibility index (Phi) is 6.14. The number of benzene rings is 1. The quantitative estimate of drug-likeness (QED) is 0.387. The van der Waals surface area contributed by atoms with E-state index in [1.807, 2.05) is 12.3 Å². The van der Waals surface area contributed by atoms with E-state index in [0.717, 1.165) is 11.1 Å². The number of nitrogen functional groups attached to an aromatic ring is 1. The highest BCUT2D eigenvalue weighted by Gasteiger charge is 2.20. The van der Waals surface area contributed by atoms with E-state index in [1.54, 1.807) is 49.9 Å². The average molecular weight is 488 g/mol. The lowest BCUT2D eigenvalue weighted by Crippen LogP contribution is -2.21. The first-order valence-electron chi connectivity index (χ1n) is 9.92. The van der Waals surface area contributed by atoms with Gasteiger partial charge < -0.3 is 19.8 Å². The molecule has 0 spiro atoms. The van der Waals surface area contributed by atoms with Gasteiger partial charge in [0, 0.05) is 54.4 Å². The summed E-state index contributed by atoms with van der Waals surface area (Å²) in [6.45, 7) is 1.69. The minimum atomic E-state index is -0.684. The number of anilines is 1. The Morgan fingerprint density at radius 3 is 2.67 bits per heavy atom. The summed E-state index contributed by atoms with van der Waals surface area (Å²) in [7, 11) is 3.34. The highest BCUT2D eigenvalue weighted by Crippen LogP contribution is 2.37. The van der Waals surface area contributed by atoms with E-state index in [1.165, 1.54) is 17.0 Å². The summed E-state index contributed by atoms with van der Waals surface area (Å²) >= 11 is 12.3. The number of rotatable bonds is 5. The minimum absolute atomic E-state index is 0.105. The van der Waals surface area contributed by atoms with Gasteiger partial charge in [0.2, 0.25) is 0 Å². The molecule has 0 radical (unpaired) electrons. The molecule has 170 valence electrons. The molecule has 0 saturated heterocycles. The number of amides is 1. The molecule has 0 aliphatic carbocycles. The van der Waals surface area contributed by atoms with Gasteiger partial charge in [-0.2, -0.15) is 0 Å². The summed E-state index contributed by atoms with van der Waals surface area (Å²) in [5, 5.41) is 0.177. The van der Waals surface area contributed by atoms with Crippen LogP contribution in [-0.4, -0.2) is 39.3 Å². The van der Waals surface area contributed by atoms with Crippen molar-refractivity contribution >= 4 is 40.6 Å². The molecule has 0 saturated carbocycles. The molecule has 2 N–H and O–H groups in total. The smallest absolute Gasteiger partial charge is 0.273 e. The van der Waals surface area contributed by atoms with Crippen LogP contribution in [-0.2, 0) is 0 Å². The predicted octanol–water partition coefficient (Wildman–Crippen LogP) is 5.27. The van der Waals surface area contributed by atoms with Gasteiger partial charge >= 0.3 is 0 Å². The topological polar surface area (TPSA) is 85.8 Å². The Balaban J connectivity index is 1.67. The summed E-state index contributed by atoms with van der Waals surface area (Å²) in [4.78, 5) is 22.3. The Labute approximate surface area is 199 Å². The van der Waals surface area contributed by atoms with E-state index in [4.69, 9.17) is 33.7 Å². The van der Waals surface area contributed by atoms with Crippen LogP contribution < -0.4 is 10.5 Å². The lowest BCUT2D eigenvalue weighted by Gasteiger charge is -2.19. The monoisotopic (exact) mass is 487 g/mol. The van der Waals surface area contributed by atoms with E-state index < -0.39 is 11.9 Å². The molecule has 0 fully saturated rings. The van der Waals surface area contributed by atoms with Gasteiger partial charge in [-0.15, -0.1) is 0 Å². The van der Waals surface area contributed by atoms with Crippen molar-refractivity contribution in [3.8, 4) is 16.9 Å². The van der Waals surface area contributed by atoms with Crippen LogP contribution in [0.25, 0.3) is 16.8 Å². The Morgan fingerprint density at radius 2 is 1.94 bits per heavy atom. The largest absolute Gasteiger partial charge is 0.482 e. The number of ether oxygens (including phenoxy) is 1. The van der Waals surface area contributed by atoms with Crippen LogP contribution in [0.15, 0.2) is 48.9 Å². The number of halogens is 3. The number of carbonyl (C=O) groups excluding carboxylic acids is 1. The number of carbonyl (C=O) groups is 1. The highest BCUT2D eigenvalue weighted by atomic mass is 35.5. The molecule has 1 amide bonds. The summed E-state index contributed by atoms with van der Waals surface area (Å²) in [6.07, 6.45) is 4.42. The third kappa shape index (κ3) is 4.44. The maximum Gasteiger partial charge on any atom is 0.273 e. The molecular weight excluding hydrogens is 468 g/mol. The van der Waals surface area contributed by atoms with E-state index in [-0.39, 0.29) is 21.8 Å². The summed E-state index contributed by atoms with van der Waals surface area (Å²) < 4.78 is 21.7. The van der Waals surface area contributed by atoms with E-state index in [0.29, 0.717) is 22.7 Å². The van der Waals surface area contributed by atoms with Gasteiger partial charge in [0.05, 0.1) is 5.02 Å². The summed E-state index contributed by atoms with van der Waals surface area (Å²) in [5.74, 6) is -0.316. The number of fused-ring (bicyclic) bond motifs is 1. The number of hydrogen-bond acceptors (Lipinski definition) is 5. The van der Waals surface area contributed by atoms with Gasteiger partial charge in [0.15, 0.2) is 11.6 Å². The fourth-order valence-corrected chi connectivity index (χ4v) is 4.04. The zero-order chi connectivity index (χ0) is 23.9. The van der Waals surface area contributed by atoms with Crippen LogP contribution in [0.1, 0.15) is 29.1 Å². The second-order valence-corrected chi connectivity index (χ2v) is 8.42. The molecule has 33 heavy (non-hydrogen) atoms. The molecule has 3 aromatic heterocycles. The molecule has 0 bridgehead atoms. The van der Waals surface area contributed by atoms with Crippen molar-refractivity contribution in [1.29, 1.82) is 0 Å². The molecular formula is C23H20Cl2FN5O2. The van der Waals surface area contributed by atoms with Crippen LogP contribution in [0.5, 0.6) is 5.75 Å². The Bertz CT molecular complexity index is 1370. The van der Waals surface area contributed by atoms with Crippen LogP contribution in [0.3, 0.4) is 0 Å². The number of imidazole rings is 1. The molecule has 10 heteroatoms. The van der Waals surface area contributed by atoms with Gasteiger partial charge in [-0.1, -0.05) is 23.2 Å². The van der Waals surface area contributed by atoms with Crippen molar-refractivity contribution in [2.24, 2.45) is 0 Å². The second kappa shape index (κ2) is 8.88. The lowest BCUT2D eigenvalue weighted by atomic mass is 10.1. The molecule has 0 aliphatic rings. The third-order valence-corrected chi connectivity index (χ3v) is 5.79. The predicted molar refractivity (Wildman–Crippen MR) is 126 cm³/mol. The van der Waals surface area contributed by atoms with Crippen LogP contribution in [0.2, 0.25) is 10.0 Å². The van der Waals surface area contributed by atoms with E-state index in [9.17, 15) is 9.18 Å². The SMILES string of the molecule is CC(Oc1cc(-c2ccc3nc(C(=O)N(C)C)cn3c2)cnc1N)c1c(Cl)ccc(F)c1Cl. The van der Waals surface area contributed by atoms with Crippen molar-refractivity contribution in [3.63, 3.8) is 0 Å². The molecule has 1 aromatic carbocycles. The van der Waals surface area contributed by atoms with Gasteiger partial charge in [-0.3, -0.25) is 4.79 Å². The van der Waals surface area contributed by atoms with E-state index in [2.05, 4.69) is 9.97 Å². The molecule has 4 rings (SSSR count). The number of hydrogen-bond donors (Lipinski definition) is 1. The molecule has 7 nitrogen and oxygen atoms in total. The standard InChI is InChI=1S/C23H20Cl2FN5O2/c1-12(20-15(24)5-6-16(26)21(20)25)33-18-8-14(9-28-22(18)27)13-4-7-19-29-17(11-31(19)10-13)23(32)30(2)3/h4-12H,1-3H3,(H2,27,28). The average Bonchev–Trinajstić information content (AvgIpc) is 3.20. The van der Waals surface area contributed by atoms with Crippen molar-refractivity contribution in [2.45, 2.75) is 13.0 Å². The molecule has 3 heterocycles. The maximum absolute atomic E-state index is 13.9. The summed E-state index contributed by atoms with van der Waals surface area (Å²) in [5.41, 5.74) is 8.84.